The third-order valence-corrected chi connectivity index (χ3v) is 6.02. The molecule has 0 aromatic carbocycles. The highest BCUT2D eigenvalue weighted by molar-refractivity contribution is 5.82. The number of aliphatic carboxylic acids is 1. The number of hydrogen-bond donors (Lipinski definition) is 2. The van der Waals surface area contributed by atoms with Crippen LogP contribution in [0.15, 0.2) is 0 Å². The third kappa shape index (κ3) is 4.47. The van der Waals surface area contributed by atoms with Crippen molar-refractivity contribution >= 4 is 17.9 Å². The van der Waals surface area contributed by atoms with Gasteiger partial charge in [-0.1, -0.05) is 0 Å². The highest BCUT2D eigenvalue weighted by Gasteiger charge is 2.48. The molecule has 0 aromatic heterocycles. The van der Waals surface area contributed by atoms with E-state index in [4.69, 9.17) is 5.11 Å². The predicted octanol–water partition coefficient (Wildman–Crippen LogP) is 1.68. The topological polar surface area (TPSA) is 89.9 Å². The van der Waals surface area contributed by atoms with E-state index in [0.717, 1.165) is 4.90 Å². The zero-order valence-corrected chi connectivity index (χ0v) is 14.9. The monoisotopic (exact) mass is 391 g/mol. The number of carboxylic acid groups (broad SMARTS) is 1. The highest BCUT2D eigenvalue weighted by Crippen LogP contribution is 2.33. The largest absolute Gasteiger partial charge is 0.481 e. The van der Waals surface area contributed by atoms with Crippen molar-refractivity contribution in [3.8, 4) is 0 Å². The standard InChI is InChI=1S/C17H24F3N3O4/c18-17(19,20)15(26)23-7-11-5-6-22(8-12(11)9-23)16(27)21-13-3-1-10(2-4-13)14(24)25/h10-13H,1-9H2,(H,21,27)(H,24,25). The van der Waals surface area contributed by atoms with Crippen LogP contribution in [0.3, 0.4) is 0 Å². The molecule has 2 unspecified atom stereocenters. The van der Waals surface area contributed by atoms with E-state index in [1.807, 2.05) is 0 Å². The van der Waals surface area contributed by atoms with Crippen LogP contribution in [0.2, 0.25) is 0 Å². The minimum atomic E-state index is -4.86. The van der Waals surface area contributed by atoms with Crippen molar-refractivity contribution in [2.45, 2.75) is 44.3 Å². The number of hydrogen-bond acceptors (Lipinski definition) is 3. The molecule has 0 bridgehead atoms. The summed E-state index contributed by atoms with van der Waals surface area (Å²) in [5.41, 5.74) is 0. The van der Waals surface area contributed by atoms with Crippen LogP contribution in [0, 0.1) is 17.8 Å². The second kappa shape index (κ2) is 7.55. The van der Waals surface area contributed by atoms with Crippen LogP contribution >= 0.6 is 0 Å². The van der Waals surface area contributed by atoms with Crippen LogP contribution in [-0.4, -0.2) is 71.2 Å². The second-order valence-electron chi connectivity index (χ2n) is 7.80. The van der Waals surface area contributed by atoms with Crippen molar-refractivity contribution < 1.29 is 32.7 Å². The number of carbonyl (C=O) groups excluding carboxylic acids is 2. The smallest absolute Gasteiger partial charge is 0.471 e. The number of likely N-dealkylation sites (tertiary alicyclic amines) is 2. The Bertz CT molecular complexity index is 605. The second-order valence-corrected chi connectivity index (χ2v) is 7.80. The van der Waals surface area contributed by atoms with Crippen LogP contribution < -0.4 is 5.32 Å². The summed E-state index contributed by atoms with van der Waals surface area (Å²) in [7, 11) is 0. The molecule has 3 aliphatic rings. The fourth-order valence-electron chi connectivity index (χ4n) is 4.45. The Balaban J connectivity index is 1.48. The zero-order valence-electron chi connectivity index (χ0n) is 14.9. The lowest BCUT2D eigenvalue weighted by Gasteiger charge is -2.36. The molecule has 3 amide bonds. The van der Waals surface area contributed by atoms with Crippen molar-refractivity contribution in [3.05, 3.63) is 0 Å². The highest BCUT2D eigenvalue weighted by atomic mass is 19.4. The Morgan fingerprint density at radius 1 is 0.889 bits per heavy atom. The van der Waals surface area contributed by atoms with E-state index in [9.17, 15) is 27.6 Å². The number of halogens is 3. The van der Waals surface area contributed by atoms with E-state index in [1.54, 1.807) is 4.90 Å². The lowest BCUT2D eigenvalue weighted by Crippen LogP contribution is -2.51. The van der Waals surface area contributed by atoms with Gasteiger partial charge in [-0.3, -0.25) is 9.59 Å². The van der Waals surface area contributed by atoms with Gasteiger partial charge in [-0.25, -0.2) is 4.79 Å². The number of alkyl halides is 3. The summed E-state index contributed by atoms with van der Waals surface area (Å²) in [5.74, 6) is -3.11. The van der Waals surface area contributed by atoms with Gasteiger partial charge in [0.2, 0.25) is 0 Å². The maximum absolute atomic E-state index is 12.6. The molecule has 1 aliphatic carbocycles. The van der Waals surface area contributed by atoms with E-state index in [0.29, 0.717) is 45.2 Å². The first-order valence-corrected chi connectivity index (χ1v) is 9.29. The Morgan fingerprint density at radius 3 is 2.07 bits per heavy atom. The number of carboxylic acids is 1. The van der Waals surface area contributed by atoms with E-state index in [2.05, 4.69) is 5.32 Å². The molecular formula is C17H24F3N3O4. The number of rotatable bonds is 2. The van der Waals surface area contributed by atoms with Crippen molar-refractivity contribution in [1.29, 1.82) is 0 Å². The van der Waals surface area contributed by atoms with Crippen molar-refractivity contribution in [2.75, 3.05) is 26.2 Å². The molecule has 2 saturated heterocycles. The number of nitrogens with zero attached hydrogens (tertiary/aromatic N) is 2. The molecule has 0 spiro atoms. The third-order valence-electron chi connectivity index (χ3n) is 6.02. The predicted molar refractivity (Wildman–Crippen MR) is 87.7 cm³/mol. The van der Waals surface area contributed by atoms with Gasteiger partial charge in [-0.05, 0) is 43.9 Å². The Morgan fingerprint density at radius 2 is 1.48 bits per heavy atom. The molecule has 3 fully saturated rings. The molecule has 152 valence electrons. The first-order chi connectivity index (χ1) is 12.6. The Hall–Kier alpha value is -2.00. The molecule has 10 heteroatoms. The fraction of sp³-hybridized carbons (Fsp3) is 0.824. The van der Waals surface area contributed by atoms with Crippen LogP contribution in [0.1, 0.15) is 32.1 Å². The van der Waals surface area contributed by atoms with Crippen molar-refractivity contribution in [3.63, 3.8) is 0 Å². The lowest BCUT2D eigenvalue weighted by atomic mass is 9.86. The molecule has 2 aliphatic heterocycles. The first-order valence-electron chi connectivity index (χ1n) is 9.29. The van der Waals surface area contributed by atoms with E-state index in [1.165, 1.54) is 0 Å². The molecule has 0 aromatic rings. The summed E-state index contributed by atoms with van der Waals surface area (Å²) >= 11 is 0. The molecule has 2 N–H and O–H groups in total. The molecule has 27 heavy (non-hydrogen) atoms. The SMILES string of the molecule is O=C(O)C1CCC(NC(=O)N2CCC3CN(C(=O)C(F)(F)F)CC3C2)CC1. The summed E-state index contributed by atoms with van der Waals surface area (Å²) in [6, 6.07) is -0.328. The summed E-state index contributed by atoms with van der Waals surface area (Å²) < 4.78 is 37.9. The quantitative estimate of drug-likeness (QED) is 0.750. The molecule has 0 radical (unpaired) electrons. The Kier molecular flexibility index (Phi) is 5.53. The summed E-state index contributed by atoms with van der Waals surface area (Å²) in [5, 5.41) is 11.9. The maximum atomic E-state index is 12.6. The molecule has 2 atom stereocenters. The van der Waals surface area contributed by atoms with Gasteiger partial charge in [0.05, 0.1) is 5.92 Å². The minimum absolute atomic E-state index is 0.00800. The van der Waals surface area contributed by atoms with E-state index >= 15 is 0 Å². The summed E-state index contributed by atoms with van der Waals surface area (Å²) in [6.45, 7) is 0.905. The van der Waals surface area contributed by atoms with Crippen LogP contribution in [0.25, 0.3) is 0 Å². The molecule has 1 saturated carbocycles. The average Bonchev–Trinajstić information content (AvgIpc) is 3.03. The first kappa shape index (κ1) is 19.8. The molecule has 2 heterocycles. The van der Waals surface area contributed by atoms with Crippen LogP contribution in [-0.2, 0) is 9.59 Å². The molecule has 3 rings (SSSR count). The van der Waals surface area contributed by atoms with Gasteiger partial charge in [-0.2, -0.15) is 13.2 Å². The fourth-order valence-corrected chi connectivity index (χ4v) is 4.45. The summed E-state index contributed by atoms with van der Waals surface area (Å²) in [4.78, 5) is 37.3. The van der Waals surface area contributed by atoms with E-state index in [-0.39, 0.29) is 42.9 Å². The summed E-state index contributed by atoms with van der Waals surface area (Å²) in [6.07, 6.45) is -2.02. The normalized spacial score (nSPS) is 31.4. The van der Waals surface area contributed by atoms with Crippen molar-refractivity contribution in [1.82, 2.24) is 15.1 Å². The number of amides is 3. The van der Waals surface area contributed by atoms with Crippen LogP contribution in [0.4, 0.5) is 18.0 Å². The Labute approximate surface area is 154 Å². The van der Waals surface area contributed by atoms with Gasteiger partial charge < -0.3 is 20.2 Å². The van der Waals surface area contributed by atoms with Gasteiger partial charge in [0.25, 0.3) is 0 Å². The van der Waals surface area contributed by atoms with E-state index < -0.39 is 18.1 Å². The lowest BCUT2D eigenvalue weighted by molar-refractivity contribution is -0.184. The van der Waals surface area contributed by atoms with Crippen molar-refractivity contribution in [2.24, 2.45) is 17.8 Å². The number of piperidine rings is 1. The maximum Gasteiger partial charge on any atom is 0.471 e. The number of nitrogens with one attached hydrogen (secondary N) is 1. The average molecular weight is 391 g/mol. The van der Waals surface area contributed by atoms with Crippen LogP contribution in [0.5, 0.6) is 0 Å². The van der Waals surface area contributed by atoms with Gasteiger partial charge in [0, 0.05) is 32.2 Å². The number of carbonyl (C=O) groups is 3. The molecular weight excluding hydrogens is 367 g/mol. The number of urea groups is 1. The molecule has 7 nitrogen and oxygen atoms in total. The number of fused-ring (bicyclic) bond motifs is 1. The zero-order chi connectivity index (χ0) is 19.8. The van der Waals surface area contributed by atoms with Gasteiger partial charge in [0.1, 0.15) is 0 Å². The van der Waals surface area contributed by atoms with Gasteiger partial charge in [0.15, 0.2) is 0 Å². The van der Waals surface area contributed by atoms with Gasteiger partial charge >= 0.3 is 24.1 Å². The van der Waals surface area contributed by atoms with Gasteiger partial charge in [-0.15, -0.1) is 0 Å². The minimum Gasteiger partial charge on any atom is -0.481 e.